The van der Waals surface area contributed by atoms with E-state index in [1.807, 2.05) is 12.1 Å². The number of ether oxygens (including phenoxy) is 1. The quantitative estimate of drug-likeness (QED) is 0.275. The molecule has 2 rings (SSSR count). The number of amides is 2. The van der Waals surface area contributed by atoms with E-state index in [2.05, 4.69) is 53.1 Å². The number of nitrogens with one attached hydrogen (secondary N) is 4. The molecule has 0 radical (unpaired) electrons. The molecule has 7 nitrogen and oxygen atoms in total. The van der Waals surface area contributed by atoms with Gasteiger partial charge in [0.05, 0.1) is 11.6 Å². The van der Waals surface area contributed by atoms with Gasteiger partial charge in [-0.25, -0.2) is 0 Å². The fraction of sp³-hybridized carbons (Fsp3) is 0.143. The summed E-state index contributed by atoms with van der Waals surface area (Å²) in [5.41, 5.74) is 2.09. The molecule has 0 spiro atoms. The molecule has 0 bridgehead atoms. The molecule has 168 valence electrons. The standard InChI is InChI=1S/C21H20Br2N4O3S2/c1-3-17(28)26-20(31)24-14-5-7-15(8-6-14)25-21(32)27-18(29)9-4-12-10-13(22)11-16(23)19(12)30-2/h4-11H,3H2,1-2H3,(H2,24,26,28,31)(H2,25,27,29,32)/b9-4+. The molecule has 0 aromatic heterocycles. The molecular weight excluding hydrogens is 580 g/mol. The van der Waals surface area contributed by atoms with Gasteiger partial charge >= 0.3 is 0 Å². The lowest BCUT2D eigenvalue weighted by Crippen LogP contribution is -2.33. The van der Waals surface area contributed by atoms with Crippen molar-refractivity contribution in [3.8, 4) is 5.75 Å². The van der Waals surface area contributed by atoms with E-state index in [1.54, 1.807) is 44.4 Å². The Bertz CT molecular complexity index is 1060. The Morgan fingerprint density at radius 2 is 1.56 bits per heavy atom. The summed E-state index contributed by atoms with van der Waals surface area (Å²) in [6.45, 7) is 1.74. The molecule has 0 fully saturated rings. The number of carbonyl (C=O) groups is 2. The van der Waals surface area contributed by atoms with Gasteiger partial charge in [-0.15, -0.1) is 0 Å². The van der Waals surface area contributed by atoms with Crippen molar-refractivity contribution in [1.82, 2.24) is 10.6 Å². The topological polar surface area (TPSA) is 91.5 Å². The number of thiocarbonyl (C=S) groups is 2. The minimum atomic E-state index is -0.393. The zero-order valence-corrected chi connectivity index (χ0v) is 21.9. The predicted molar refractivity (Wildman–Crippen MR) is 143 cm³/mol. The number of methoxy groups -OCH3 is 1. The second-order valence-corrected chi connectivity index (χ2v) is 8.81. The largest absolute Gasteiger partial charge is 0.495 e. The monoisotopic (exact) mass is 598 g/mol. The van der Waals surface area contributed by atoms with Gasteiger partial charge in [-0.1, -0.05) is 22.9 Å². The number of rotatable bonds is 6. The van der Waals surface area contributed by atoms with E-state index in [4.69, 9.17) is 29.2 Å². The lowest BCUT2D eigenvalue weighted by Gasteiger charge is -2.11. The normalized spacial score (nSPS) is 10.4. The highest BCUT2D eigenvalue weighted by Crippen LogP contribution is 2.33. The summed E-state index contributed by atoms with van der Waals surface area (Å²) in [5, 5.41) is 11.4. The van der Waals surface area contributed by atoms with Crippen molar-refractivity contribution in [2.75, 3.05) is 17.7 Å². The van der Waals surface area contributed by atoms with Gasteiger partial charge in [0.1, 0.15) is 5.75 Å². The molecule has 4 N–H and O–H groups in total. The van der Waals surface area contributed by atoms with Gasteiger partial charge in [0.25, 0.3) is 0 Å². The summed E-state index contributed by atoms with van der Waals surface area (Å²) < 4.78 is 6.96. The SMILES string of the molecule is CCC(=O)NC(=S)Nc1ccc(NC(=S)NC(=O)/C=C/c2cc(Br)cc(Br)c2OC)cc1. The minimum Gasteiger partial charge on any atom is -0.495 e. The van der Waals surface area contributed by atoms with Crippen molar-refractivity contribution in [2.24, 2.45) is 0 Å². The summed E-state index contributed by atoms with van der Waals surface area (Å²) in [5.74, 6) is 0.0539. The van der Waals surface area contributed by atoms with Gasteiger partial charge in [0.2, 0.25) is 11.8 Å². The third-order valence-corrected chi connectivity index (χ3v) is 5.32. The number of hydrogen-bond acceptors (Lipinski definition) is 5. The lowest BCUT2D eigenvalue weighted by molar-refractivity contribution is -0.119. The number of anilines is 2. The predicted octanol–water partition coefficient (Wildman–Crippen LogP) is 4.97. The van der Waals surface area contributed by atoms with Crippen molar-refractivity contribution in [3.63, 3.8) is 0 Å². The third kappa shape index (κ3) is 8.30. The van der Waals surface area contributed by atoms with Crippen molar-refractivity contribution in [3.05, 3.63) is 57.0 Å². The van der Waals surface area contributed by atoms with Crippen LogP contribution in [0.15, 0.2) is 51.4 Å². The van der Waals surface area contributed by atoms with Crippen LogP contribution in [0, 0.1) is 0 Å². The zero-order valence-electron chi connectivity index (χ0n) is 17.1. The van der Waals surface area contributed by atoms with Crippen LogP contribution < -0.4 is 26.0 Å². The van der Waals surface area contributed by atoms with E-state index in [-0.39, 0.29) is 16.1 Å². The highest BCUT2D eigenvalue weighted by Gasteiger charge is 2.08. The molecule has 0 aliphatic heterocycles. The Kier molecular flexibility index (Phi) is 10.2. The first kappa shape index (κ1) is 25.9. The first-order valence-electron chi connectivity index (χ1n) is 9.25. The molecule has 0 aliphatic rings. The molecule has 32 heavy (non-hydrogen) atoms. The van der Waals surface area contributed by atoms with E-state index in [9.17, 15) is 9.59 Å². The molecule has 0 aliphatic carbocycles. The van der Waals surface area contributed by atoms with E-state index in [0.29, 0.717) is 23.5 Å². The van der Waals surface area contributed by atoms with Crippen LogP contribution in [0.4, 0.5) is 11.4 Å². The fourth-order valence-electron chi connectivity index (χ4n) is 2.42. The smallest absolute Gasteiger partial charge is 0.250 e. The van der Waals surface area contributed by atoms with Gasteiger partial charge in [-0.2, -0.15) is 0 Å². The highest BCUT2D eigenvalue weighted by atomic mass is 79.9. The molecule has 2 aromatic carbocycles. The summed E-state index contributed by atoms with van der Waals surface area (Å²) in [7, 11) is 1.56. The number of hydrogen-bond donors (Lipinski definition) is 4. The number of halogens is 2. The second-order valence-electron chi connectivity index (χ2n) is 6.22. The Morgan fingerprint density at radius 3 is 2.09 bits per heavy atom. The summed E-state index contributed by atoms with van der Waals surface area (Å²) in [6, 6.07) is 10.7. The summed E-state index contributed by atoms with van der Waals surface area (Å²) >= 11 is 17.1. The third-order valence-electron chi connectivity index (χ3n) is 3.87. The van der Waals surface area contributed by atoms with Crippen LogP contribution in [0.25, 0.3) is 6.08 Å². The molecule has 0 saturated heterocycles. The van der Waals surface area contributed by atoms with E-state index < -0.39 is 5.91 Å². The number of carbonyl (C=O) groups excluding carboxylic acids is 2. The maximum absolute atomic E-state index is 12.2. The van der Waals surface area contributed by atoms with Crippen LogP contribution in [0.3, 0.4) is 0 Å². The van der Waals surface area contributed by atoms with E-state index >= 15 is 0 Å². The van der Waals surface area contributed by atoms with Crippen LogP contribution in [0.2, 0.25) is 0 Å². The van der Waals surface area contributed by atoms with Crippen LogP contribution >= 0.6 is 56.3 Å². The van der Waals surface area contributed by atoms with Crippen molar-refractivity contribution in [1.29, 1.82) is 0 Å². The van der Waals surface area contributed by atoms with Gasteiger partial charge in [-0.05, 0) is 82.8 Å². The van der Waals surface area contributed by atoms with Crippen molar-refractivity contribution < 1.29 is 14.3 Å². The molecular formula is C21H20Br2N4O3S2. The molecule has 0 unspecified atom stereocenters. The Morgan fingerprint density at radius 1 is 1.00 bits per heavy atom. The fourth-order valence-corrected chi connectivity index (χ4v) is 4.29. The summed E-state index contributed by atoms with van der Waals surface area (Å²) in [4.78, 5) is 23.6. The molecule has 2 amide bonds. The average Bonchev–Trinajstić information content (AvgIpc) is 2.73. The van der Waals surface area contributed by atoms with Gasteiger partial charge < -0.3 is 20.7 Å². The Labute approximate surface area is 213 Å². The zero-order chi connectivity index (χ0) is 23.7. The Hall–Kier alpha value is -2.34. The van der Waals surface area contributed by atoms with Crippen LogP contribution in [-0.4, -0.2) is 29.1 Å². The number of benzene rings is 2. The molecule has 0 atom stereocenters. The van der Waals surface area contributed by atoms with Crippen LogP contribution in [-0.2, 0) is 9.59 Å². The van der Waals surface area contributed by atoms with E-state index in [1.165, 1.54) is 6.08 Å². The van der Waals surface area contributed by atoms with Crippen molar-refractivity contribution in [2.45, 2.75) is 13.3 Å². The van der Waals surface area contributed by atoms with E-state index in [0.717, 1.165) is 14.5 Å². The second kappa shape index (κ2) is 12.6. The summed E-state index contributed by atoms with van der Waals surface area (Å²) in [6.07, 6.45) is 3.34. The highest BCUT2D eigenvalue weighted by molar-refractivity contribution is 9.11. The molecule has 0 saturated carbocycles. The first-order chi connectivity index (χ1) is 15.2. The average molecular weight is 600 g/mol. The minimum absolute atomic E-state index is 0.147. The van der Waals surface area contributed by atoms with Gasteiger partial charge in [0.15, 0.2) is 10.2 Å². The molecule has 2 aromatic rings. The maximum Gasteiger partial charge on any atom is 0.250 e. The maximum atomic E-state index is 12.2. The Balaban J connectivity index is 1.91. The van der Waals surface area contributed by atoms with Crippen LogP contribution in [0.1, 0.15) is 18.9 Å². The van der Waals surface area contributed by atoms with Gasteiger partial charge in [0, 0.05) is 33.9 Å². The first-order valence-corrected chi connectivity index (χ1v) is 11.7. The molecule has 11 heteroatoms. The van der Waals surface area contributed by atoms with Crippen molar-refractivity contribution >= 4 is 95.8 Å². The van der Waals surface area contributed by atoms with Crippen LogP contribution in [0.5, 0.6) is 5.75 Å². The van der Waals surface area contributed by atoms with Gasteiger partial charge in [-0.3, -0.25) is 14.9 Å². The lowest BCUT2D eigenvalue weighted by atomic mass is 10.2. The molecule has 0 heterocycles.